The Kier molecular flexibility index (Phi) is 4.47. The Morgan fingerprint density at radius 1 is 1.00 bits per heavy atom. The van der Waals surface area contributed by atoms with Crippen LogP contribution in [0.3, 0.4) is 0 Å². The molecule has 4 aliphatic rings. The Bertz CT molecular complexity index is 1220. The van der Waals surface area contributed by atoms with E-state index in [0.29, 0.717) is 29.8 Å². The van der Waals surface area contributed by atoms with Crippen LogP contribution < -0.4 is 15.4 Å². The van der Waals surface area contributed by atoms with Gasteiger partial charge in [0.1, 0.15) is 5.69 Å². The maximum absolute atomic E-state index is 13.1. The largest absolute Gasteiger partial charge is 0.414 e. The highest BCUT2D eigenvalue weighted by Gasteiger charge is 2.59. The van der Waals surface area contributed by atoms with E-state index in [9.17, 15) is 9.59 Å². The molecule has 4 fully saturated rings. The summed E-state index contributed by atoms with van der Waals surface area (Å²) in [5.41, 5.74) is 0.532. The molecule has 0 spiro atoms. The third-order valence-corrected chi connectivity index (χ3v) is 7.58. The molecule has 8 heteroatoms. The summed E-state index contributed by atoms with van der Waals surface area (Å²) in [5.74, 6) is 1.25. The van der Waals surface area contributed by atoms with Gasteiger partial charge in [0.05, 0.1) is 10.9 Å². The highest BCUT2D eigenvalue weighted by atomic mass is 16.6. The van der Waals surface area contributed by atoms with Crippen molar-refractivity contribution in [3.05, 3.63) is 54.4 Å². The van der Waals surface area contributed by atoms with Crippen molar-refractivity contribution in [1.82, 2.24) is 25.4 Å². The molecule has 0 aliphatic heterocycles. The minimum atomic E-state index is -0.461. The van der Waals surface area contributed by atoms with Crippen LogP contribution in [-0.2, 0) is 7.05 Å². The number of pyridine rings is 1. The predicted octanol–water partition coefficient (Wildman–Crippen LogP) is 3.58. The van der Waals surface area contributed by atoms with Gasteiger partial charge in [0.15, 0.2) is 0 Å². The minimum absolute atomic E-state index is 0.142. The summed E-state index contributed by atoms with van der Waals surface area (Å²) in [6.45, 7) is 0. The second-order valence-corrected chi connectivity index (χ2v) is 10.2. The fraction of sp³-hybridized carbons (Fsp3) is 0.440. The summed E-state index contributed by atoms with van der Waals surface area (Å²) in [6.07, 6.45) is 6.80. The zero-order valence-electron chi connectivity index (χ0n) is 18.6. The summed E-state index contributed by atoms with van der Waals surface area (Å²) in [4.78, 5) is 30.2. The molecular formula is C25H27N5O3. The fourth-order valence-corrected chi connectivity index (χ4v) is 6.93. The van der Waals surface area contributed by atoms with Crippen LogP contribution in [0.15, 0.2) is 48.7 Å². The van der Waals surface area contributed by atoms with Crippen molar-refractivity contribution in [3.63, 3.8) is 0 Å². The number of carbonyl (C=O) groups excluding carboxylic acids is 2. The Morgan fingerprint density at radius 2 is 1.70 bits per heavy atom. The lowest BCUT2D eigenvalue weighted by Gasteiger charge is -2.61. The quantitative estimate of drug-likeness (QED) is 0.640. The van der Waals surface area contributed by atoms with Gasteiger partial charge >= 0.3 is 6.09 Å². The molecule has 2 amide bonds. The van der Waals surface area contributed by atoms with Crippen LogP contribution in [0.5, 0.6) is 5.88 Å². The summed E-state index contributed by atoms with van der Waals surface area (Å²) in [6, 6.07) is 13.0. The number of hydrogen-bond donors (Lipinski definition) is 2. The molecule has 0 saturated heterocycles. The first-order valence-electron chi connectivity index (χ1n) is 11.6. The van der Waals surface area contributed by atoms with E-state index in [1.54, 1.807) is 30.1 Å². The molecule has 4 aliphatic carbocycles. The third kappa shape index (κ3) is 3.53. The van der Waals surface area contributed by atoms with Gasteiger partial charge in [0.2, 0.25) is 5.88 Å². The molecule has 7 rings (SSSR count). The van der Waals surface area contributed by atoms with E-state index in [4.69, 9.17) is 4.74 Å². The second kappa shape index (κ2) is 7.30. The van der Waals surface area contributed by atoms with E-state index >= 15 is 0 Å². The number of nitrogens with zero attached hydrogens (tertiary/aromatic N) is 3. The molecule has 8 nitrogen and oxygen atoms in total. The van der Waals surface area contributed by atoms with E-state index in [-0.39, 0.29) is 17.0 Å². The van der Waals surface area contributed by atoms with Gasteiger partial charge in [-0.15, -0.1) is 0 Å². The van der Waals surface area contributed by atoms with Gasteiger partial charge in [0, 0.05) is 24.3 Å². The van der Waals surface area contributed by atoms with E-state index in [0.717, 1.165) is 43.0 Å². The molecule has 33 heavy (non-hydrogen) atoms. The van der Waals surface area contributed by atoms with Crippen molar-refractivity contribution in [2.24, 2.45) is 18.9 Å². The second-order valence-electron chi connectivity index (χ2n) is 10.2. The van der Waals surface area contributed by atoms with Crippen LogP contribution in [0.4, 0.5) is 4.79 Å². The summed E-state index contributed by atoms with van der Waals surface area (Å²) >= 11 is 0. The SMILES string of the molecule is Cn1nc2ccccc2c1OC(=O)NC12CC3CC(C1)CC(NC(=O)c1ccccn1)(C3)C2. The number of carbonyl (C=O) groups is 2. The first-order chi connectivity index (χ1) is 15.9. The van der Waals surface area contributed by atoms with Crippen LogP contribution >= 0.6 is 0 Å². The molecule has 3 aromatic rings. The molecule has 2 aromatic heterocycles. The molecule has 2 atom stereocenters. The Hall–Kier alpha value is -3.42. The molecule has 2 heterocycles. The van der Waals surface area contributed by atoms with Crippen LogP contribution in [0.1, 0.15) is 49.0 Å². The number of rotatable bonds is 4. The van der Waals surface area contributed by atoms with Crippen LogP contribution in [0, 0.1) is 11.8 Å². The minimum Gasteiger partial charge on any atom is -0.391 e. The summed E-state index contributed by atoms with van der Waals surface area (Å²) in [5, 5.41) is 11.8. The molecule has 2 N–H and O–H groups in total. The first-order valence-corrected chi connectivity index (χ1v) is 11.6. The Morgan fingerprint density at radius 3 is 2.42 bits per heavy atom. The lowest BCUT2D eigenvalue weighted by atomic mass is 9.50. The monoisotopic (exact) mass is 445 g/mol. The Balaban J connectivity index is 1.22. The van der Waals surface area contributed by atoms with Crippen molar-refractivity contribution in [2.75, 3.05) is 0 Å². The molecular weight excluding hydrogens is 418 g/mol. The van der Waals surface area contributed by atoms with E-state index < -0.39 is 6.09 Å². The van der Waals surface area contributed by atoms with Gasteiger partial charge in [-0.25, -0.2) is 9.48 Å². The van der Waals surface area contributed by atoms with Gasteiger partial charge in [-0.1, -0.05) is 18.2 Å². The zero-order valence-corrected chi connectivity index (χ0v) is 18.6. The predicted molar refractivity (Wildman–Crippen MR) is 122 cm³/mol. The van der Waals surface area contributed by atoms with E-state index in [1.807, 2.05) is 30.3 Å². The smallest absolute Gasteiger partial charge is 0.391 e. The van der Waals surface area contributed by atoms with Gasteiger partial charge in [-0.05, 0) is 74.6 Å². The lowest BCUT2D eigenvalue weighted by Crippen LogP contribution is -2.70. The average molecular weight is 446 g/mol. The highest BCUT2D eigenvalue weighted by molar-refractivity contribution is 5.92. The van der Waals surface area contributed by atoms with Gasteiger partial charge in [0.25, 0.3) is 5.91 Å². The zero-order chi connectivity index (χ0) is 22.6. The number of benzene rings is 1. The molecule has 4 bridgehead atoms. The molecule has 170 valence electrons. The Labute approximate surface area is 191 Å². The van der Waals surface area contributed by atoms with Crippen LogP contribution in [-0.4, -0.2) is 37.8 Å². The number of aromatic nitrogens is 3. The van der Waals surface area contributed by atoms with Crippen molar-refractivity contribution in [2.45, 2.75) is 49.6 Å². The number of ether oxygens (including phenoxy) is 1. The third-order valence-electron chi connectivity index (χ3n) is 7.58. The standard InChI is InChI=1S/C25H27N5O3/c1-30-22(18-6-2-3-7-19(18)29-30)33-23(32)28-25-13-16-10-17(14-25)12-24(11-16,15-25)27-21(31)20-8-4-5-9-26-20/h2-9,16-17H,10-15H2,1H3,(H,27,31)(H,28,32). The maximum Gasteiger partial charge on any atom is 0.414 e. The number of hydrogen-bond acceptors (Lipinski definition) is 5. The topological polar surface area (TPSA) is 98.1 Å². The van der Waals surface area contributed by atoms with Crippen LogP contribution in [0.2, 0.25) is 0 Å². The fourth-order valence-electron chi connectivity index (χ4n) is 6.93. The van der Waals surface area contributed by atoms with Crippen molar-refractivity contribution < 1.29 is 14.3 Å². The van der Waals surface area contributed by atoms with Gasteiger partial charge in [-0.2, -0.15) is 5.10 Å². The van der Waals surface area contributed by atoms with E-state index in [2.05, 4.69) is 20.7 Å². The van der Waals surface area contributed by atoms with Gasteiger partial charge < -0.3 is 15.4 Å². The summed E-state index contributed by atoms with van der Waals surface area (Å²) < 4.78 is 7.37. The van der Waals surface area contributed by atoms with Crippen molar-refractivity contribution in [1.29, 1.82) is 0 Å². The van der Waals surface area contributed by atoms with Gasteiger partial charge in [-0.3, -0.25) is 9.78 Å². The van der Waals surface area contributed by atoms with Crippen molar-refractivity contribution >= 4 is 22.9 Å². The number of nitrogens with one attached hydrogen (secondary N) is 2. The average Bonchev–Trinajstić information content (AvgIpc) is 3.07. The molecule has 4 saturated carbocycles. The number of fused-ring (bicyclic) bond motifs is 1. The first kappa shape index (κ1) is 20.2. The number of amides is 2. The van der Waals surface area contributed by atoms with E-state index in [1.165, 1.54) is 0 Å². The summed E-state index contributed by atoms with van der Waals surface area (Å²) in [7, 11) is 1.77. The molecule has 2 unspecified atom stereocenters. The molecule has 1 aromatic carbocycles. The lowest BCUT2D eigenvalue weighted by molar-refractivity contribution is -0.0450. The van der Waals surface area contributed by atoms with Crippen molar-refractivity contribution in [3.8, 4) is 5.88 Å². The highest BCUT2D eigenvalue weighted by Crippen LogP contribution is 2.57. The maximum atomic E-state index is 13.1. The number of aryl methyl sites for hydroxylation is 1. The molecule has 0 radical (unpaired) electrons. The van der Waals surface area contributed by atoms with Crippen LogP contribution in [0.25, 0.3) is 10.9 Å². The normalized spacial score (nSPS) is 29.7.